The van der Waals surface area contributed by atoms with Crippen molar-refractivity contribution in [3.05, 3.63) is 29.7 Å². The van der Waals surface area contributed by atoms with Crippen LogP contribution in [0.2, 0.25) is 5.02 Å². The summed E-state index contributed by atoms with van der Waals surface area (Å²) >= 11 is 5.99. The normalized spacial score (nSPS) is 14.7. The molecule has 0 aromatic carbocycles. The minimum Gasteiger partial charge on any atom is -0.387 e. The number of hydrogen-bond donors (Lipinski definition) is 2. The van der Waals surface area contributed by atoms with E-state index in [4.69, 9.17) is 22.7 Å². The van der Waals surface area contributed by atoms with Crippen molar-refractivity contribution in [3.63, 3.8) is 0 Å². The molecule has 6 nitrogen and oxygen atoms in total. The minimum atomic E-state index is -0.197. The van der Waals surface area contributed by atoms with Gasteiger partial charge in [-0.1, -0.05) is 17.7 Å². The third-order valence-electron chi connectivity index (χ3n) is 3.24. The summed E-state index contributed by atoms with van der Waals surface area (Å²) in [5, 5.41) is 8.08. The van der Waals surface area contributed by atoms with Crippen LogP contribution in [0.3, 0.4) is 0 Å². The first-order chi connectivity index (χ1) is 10.5. The lowest BCUT2D eigenvalue weighted by atomic mass is 10.2. The van der Waals surface area contributed by atoms with Crippen molar-refractivity contribution in [3.8, 4) is 0 Å². The van der Waals surface area contributed by atoms with Crippen molar-refractivity contribution in [2.45, 2.75) is 32.1 Å². The highest BCUT2D eigenvalue weighted by molar-refractivity contribution is 6.32. The monoisotopic (exact) mass is 319 g/mol. The maximum Gasteiger partial charge on any atom is 0.200 e. The zero-order valence-corrected chi connectivity index (χ0v) is 12.9. The Balaban J connectivity index is 2.13. The summed E-state index contributed by atoms with van der Waals surface area (Å²) in [6.07, 6.45) is 6.23. The molecule has 1 aromatic rings. The average Bonchev–Trinajstić information content (AvgIpc) is 3.31. The molecule has 0 unspecified atom stereocenters. The lowest BCUT2D eigenvalue weighted by molar-refractivity contribution is 0.0973. The molecule has 1 heterocycles. The summed E-state index contributed by atoms with van der Waals surface area (Å²) in [5.41, 5.74) is 6.42. The molecule has 0 amide bonds. The first kappa shape index (κ1) is 16.3. The number of carbonyl (C=O) groups is 1. The van der Waals surface area contributed by atoms with Gasteiger partial charge in [-0.3, -0.25) is 4.79 Å². The van der Waals surface area contributed by atoms with E-state index in [-0.39, 0.29) is 34.7 Å². The van der Waals surface area contributed by atoms with Crippen molar-refractivity contribution in [1.29, 1.82) is 5.41 Å². The van der Waals surface area contributed by atoms with Crippen molar-refractivity contribution < 1.29 is 4.79 Å². The predicted octanol–water partition coefficient (Wildman–Crippen LogP) is 3.09. The van der Waals surface area contributed by atoms with Crippen LogP contribution in [0, 0.1) is 11.3 Å². The number of hydrogen-bond acceptors (Lipinski definition) is 5. The number of aromatic nitrogens is 2. The van der Waals surface area contributed by atoms with Gasteiger partial charge in [-0.2, -0.15) is 0 Å². The molecule has 1 saturated carbocycles. The number of nitrogens with one attached hydrogen (secondary N) is 1. The van der Waals surface area contributed by atoms with E-state index in [1.165, 1.54) is 6.20 Å². The molecule has 0 saturated heterocycles. The molecule has 2 rings (SSSR count). The molecular formula is C15H18ClN5O. The zero-order valence-electron chi connectivity index (χ0n) is 12.2. The molecule has 1 aromatic heterocycles. The van der Waals surface area contributed by atoms with Crippen molar-refractivity contribution in [2.75, 3.05) is 0 Å². The Labute approximate surface area is 134 Å². The number of Topliss-reactive ketones (excluding diaryl/α,β-unsaturated/α-hetero) is 1. The smallest absolute Gasteiger partial charge is 0.200 e. The minimum absolute atomic E-state index is 0.0649. The number of amidine groups is 1. The van der Waals surface area contributed by atoms with Crippen LogP contribution in [0.25, 0.3) is 0 Å². The number of halogens is 1. The Morgan fingerprint density at radius 1 is 1.59 bits per heavy atom. The van der Waals surface area contributed by atoms with Crippen LogP contribution in [0.15, 0.2) is 23.8 Å². The zero-order chi connectivity index (χ0) is 16.1. The summed E-state index contributed by atoms with van der Waals surface area (Å²) < 4.78 is 0. The van der Waals surface area contributed by atoms with Gasteiger partial charge in [0.05, 0.1) is 6.20 Å². The molecular weight excluding hydrogens is 302 g/mol. The van der Waals surface area contributed by atoms with E-state index < -0.39 is 0 Å². The number of carbonyl (C=O) groups excluding carboxylic acids is 1. The maximum absolute atomic E-state index is 11.9. The Hall–Kier alpha value is -2.08. The first-order valence-electron chi connectivity index (χ1n) is 7.08. The highest BCUT2D eigenvalue weighted by Gasteiger charge is 2.26. The fourth-order valence-corrected chi connectivity index (χ4v) is 2.00. The Morgan fingerprint density at radius 2 is 2.32 bits per heavy atom. The van der Waals surface area contributed by atoms with E-state index in [1.54, 1.807) is 6.08 Å². The number of rotatable bonds is 8. The highest BCUT2D eigenvalue weighted by Crippen LogP contribution is 2.31. The van der Waals surface area contributed by atoms with E-state index in [0.29, 0.717) is 24.5 Å². The molecule has 0 spiro atoms. The van der Waals surface area contributed by atoms with E-state index >= 15 is 0 Å². The van der Waals surface area contributed by atoms with Gasteiger partial charge in [0.25, 0.3) is 0 Å². The number of nitrogens with zero attached hydrogens (tertiary/aromatic N) is 3. The van der Waals surface area contributed by atoms with Crippen molar-refractivity contribution in [2.24, 2.45) is 16.6 Å². The molecule has 0 atom stereocenters. The van der Waals surface area contributed by atoms with Gasteiger partial charge >= 0.3 is 0 Å². The second kappa shape index (κ2) is 7.26. The summed E-state index contributed by atoms with van der Waals surface area (Å²) in [6.45, 7) is 3.57. The quantitative estimate of drug-likeness (QED) is 0.332. The van der Waals surface area contributed by atoms with Crippen LogP contribution in [-0.4, -0.2) is 27.3 Å². The van der Waals surface area contributed by atoms with Crippen LogP contribution in [0.4, 0.5) is 5.82 Å². The highest BCUT2D eigenvalue weighted by atomic mass is 35.5. The summed E-state index contributed by atoms with van der Waals surface area (Å²) in [5.74, 6) is 0.639. The van der Waals surface area contributed by atoms with Gasteiger partial charge in [0.2, 0.25) is 0 Å². The van der Waals surface area contributed by atoms with Crippen molar-refractivity contribution in [1.82, 2.24) is 9.97 Å². The third kappa shape index (κ3) is 4.46. The molecule has 0 aliphatic heterocycles. The third-order valence-corrected chi connectivity index (χ3v) is 3.51. The fraction of sp³-hybridized carbons (Fsp3) is 0.400. The largest absolute Gasteiger partial charge is 0.387 e. The van der Waals surface area contributed by atoms with Gasteiger partial charge in [-0.25, -0.2) is 15.0 Å². The summed E-state index contributed by atoms with van der Waals surface area (Å²) in [4.78, 5) is 24.0. The van der Waals surface area contributed by atoms with E-state index in [0.717, 1.165) is 12.8 Å². The first-order valence-corrected chi connectivity index (χ1v) is 7.46. The molecule has 3 N–H and O–H groups in total. The lowest BCUT2D eigenvalue weighted by Gasteiger charge is -2.04. The van der Waals surface area contributed by atoms with Crippen LogP contribution in [0.1, 0.15) is 42.7 Å². The van der Waals surface area contributed by atoms with Crippen LogP contribution >= 0.6 is 11.6 Å². The van der Waals surface area contributed by atoms with Gasteiger partial charge < -0.3 is 11.1 Å². The van der Waals surface area contributed by atoms with E-state index in [2.05, 4.69) is 21.5 Å². The molecule has 7 heteroatoms. The average molecular weight is 320 g/mol. The maximum atomic E-state index is 11.9. The SMILES string of the molecule is C=CCCC(=O)c1ncc(Cl)c(N=C(N)CC(=N)C2CC2)n1. The van der Waals surface area contributed by atoms with Crippen LogP contribution in [-0.2, 0) is 0 Å². The van der Waals surface area contributed by atoms with Crippen LogP contribution < -0.4 is 5.73 Å². The fourth-order valence-electron chi connectivity index (χ4n) is 1.86. The Kier molecular flexibility index (Phi) is 5.38. The van der Waals surface area contributed by atoms with E-state index in [1.807, 2.05) is 0 Å². The second-order valence-corrected chi connectivity index (χ2v) is 5.60. The Bertz CT molecular complexity index is 637. The molecule has 1 aliphatic rings. The second-order valence-electron chi connectivity index (χ2n) is 5.20. The van der Waals surface area contributed by atoms with Crippen LogP contribution in [0.5, 0.6) is 0 Å². The van der Waals surface area contributed by atoms with Gasteiger partial charge in [-0.05, 0) is 25.2 Å². The molecule has 0 bridgehead atoms. The summed E-state index contributed by atoms with van der Waals surface area (Å²) in [7, 11) is 0. The topological polar surface area (TPSA) is 105 Å². The number of ketones is 1. The van der Waals surface area contributed by atoms with E-state index in [9.17, 15) is 4.79 Å². The lowest BCUT2D eigenvalue weighted by Crippen LogP contribution is -2.17. The number of aliphatic imine (C=N–C) groups is 1. The molecule has 22 heavy (non-hydrogen) atoms. The summed E-state index contributed by atoms with van der Waals surface area (Å²) in [6, 6.07) is 0. The molecule has 1 fully saturated rings. The molecule has 1 aliphatic carbocycles. The Morgan fingerprint density at radius 3 is 2.95 bits per heavy atom. The standard InChI is InChI=1S/C15H18ClN5O/c1-2-3-4-12(22)15-19-8-10(16)14(21-15)20-13(18)7-11(17)9-5-6-9/h2,8-9,17H,1,3-7H2,(H2,18,19,20,21). The molecule has 116 valence electrons. The predicted molar refractivity (Wildman–Crippen MR) is 87.2 cm³/mol. The van der Waals surface area contributed by atoms with Gasteiger partial charge in [0.1, 0.15) is 10.9 Å². The van der Waals surface area contributed by atoms with Gasteiger partial charge in [0.15, 0.2) is 17.4 Å². The van der Waals surface area contributed by atoms with Crippen molar-refractivity contribution >= 4 is 34.7 Å². The number of nitrogens with two attached hydrogens (primary N) is 1. The van der Waals surface area contributed by atoms with Gasteiger partial charge in [-0.15, -0.1) is 6.58 Å². The van der Waals surface area contributed by atoms with Gasteiger partial charge in [0, 0.05) is 18.6 Å². The number of allylic oxidation sites excluding steroid dienone is 1. The molecule has 0 radical (unpaired) electrons.